The van der Waals surface area contributed by atoms with Gasteiger partial charge in [0.05, 0.1) is 5.02 Å². The molecule has 3 rings (SSSR count). The Hall–Kier alpha value is -0.970. The van der Waals surface area contributed by atoms with E-state index in [9.17, 15) is 17.6 Å². The average molecular weight is 477 g/mol. The van der Waals surface area contributed by atoms with Gasteiger partial charge >= 0.3 is 6.36 Å². The lowest BCUT2D eigenvalue weighted by molar-refractivity contribution is -0.275. The molecule has 182 valence electrons. The lowest BCUT2D eigenvalue weighted by atomic mass is 9.74. The van der Waals surface area contributed by atoms with Crippen LogP contribution in [0, 0.1) is 23.6 Å². The van der Waals surface area contributed by atoms with Crippen molar-refractivity contribution in [3.8, 4) is 5.75 Å². The van der Waals surface area contributed by atoms with Crippen molar-refractivity contribution in [2.45, 2.75) is 109 Å². The van der Waals surface area contributed by atoms with Gasteiger partial charge in [-0.3, -0.25) is 0 Å². The van der Waals surface area contributed by atoms with Crippen LogP contribution < -0.4 is 4.74 Å². The first-order valence-electron chi connectivity index (χ1n) is 12.5. The first-order chi connectivity index (χ1) is 15.3. The number of halogens is 5. The van der Waals surface area contributed by atoms with Crippen LogP contribution in [-0.2, 0) is 0 Å². The molecule has 0 saturated heterocycles. The Labute approximate surface area is 195 Å². The highest BCUT2D eigenvalue weighted by atomic mass is 35.5. The van der Waals surface area contributed by atoms with Crippen LogP contribution in [0.5, 0.6) is 5.75 Å². The van der Waals surface area contributed by atoms with Crippen molar-refractivity contribution in [1.29, 1.82) is 0 Å². The maximum atomic E-state index is 14.3. The summed E-state index contributed by atoms with van der Waals surface area (Å²) in [6, 6.07) is 2.55. The molecular weight excluding hydrogens is 440 g/mol. The third-order valence-electron chi connectivity index (χ3n) is 7.75. The van der Waals surface area contributed by atoms with E-state index in [2.05, 4.69) is 11.7 Å². The molecule has 1 aromatic rings. The molecule has 0 amide bonds. The molecule has 0 bridgehead atoms. The van der Waals surface area contributed by atoms with Crippen molar-refractivity contribution in [3.63, 3.8) is 0 Å². The second kappa shape index (κ2) is 11.9. The molecule has 1 nitrogen and oxygen atoms in total. The van der Waals surface area contributed by atoms with Crippen LogP contribution >= 0.6 is 11.6 Å². The first-order valence-corrected chi connectivity index (χ1v) is 12.9. The van der Waals surface area contributed by atoms with Gasteiger partial charge in [0.25, 0.3) is 0 Å². The lowest BCUT2D eigenvalue weighted by Gasteiger charge is -2.32. The Bertz CT molecular complexity index is 705. The van der Waals surface area contributed by atoms with E-state index in [1.54, 1.807) is 0 Å². The van der Waals surface area contributed by atoms with E-state index in [0.29, 0.717) is 11.5 Å². The summed E-state index contributed by atoms with van der Waals surface area (Å²) in [5, 5.41) is -0.231. The van der Waals surface area contributed by atoms with E-state index in [-0.39, 0.29) is 10.9 Å². The molecule has 0 atom stereocenters. The van der Waals surface area contributed by atoms with Crippen molar-refractivity contribution in [1.82, 2.24) is 0 Å². The standard InChI is InChI=1S/C26H37ClF4O/c1-2-3-4-5-18-6-8-19(9-7-18)10-11-20-12-14-21(15-13-20)22-16-17-23(25(28)24(22)27)32-26(29,30)31/h16-21H,2-15H2,1H3. The first kappa shape index (κ1) is 25.6. The number of unbranched alkanes of at least 4 members (excludes halogenated alkanes) is 2. The van der Waals surface area contributed by atoms with E-state index < -0.39 is 17.9 Å². The monoisotopic (exact) mass is 476 g/mol. The molecule has 0 unspecified atom stereocenters. The fraction of sp³-hybridized carbons (Fsp3) is 0.769. The molecule has 32 heavy (non-hydrogen) atoms. The SMILES string of the molecule is CCCCCC1CCC(CCC2CCC(c3ccc(OC(F)(F)F)c(F)c3Cl)CC2)CC1. The minimum atomic E-state index is -4.93. The minimum absolute atomic E-state index is 0.103. The minimum Gasteiger partial charge on any atom is -0.403 e. The fourth-order valence-electron chi connectivity index (χ4n) is 5.79. The van der Waals surface area contributed by atoms with Gasteiger partial charge in [-0.2, -0.15) is 0 Å². The van der Waals surface area contributed by atoms with Gasteiger partial charge in [0.15, 0.2) is 11.6 Å². The predicted octanol–water partition coefficient (Wildman–Crippen LogP) is 9.82. The molecule has 0 spiro atoms. The third-order valence-corrected chi connectivity index (χ3v) is 8.14. The molecular formula is C26H37ClF4O. The summed E-state index contributed by atoms with van der Waals surface area (Å²) in [5.74, 6) is 0.650. The van der Waals surface area contributed by atoms with Crippen molar-refractivity contribution in [2.24, 2.45) is 17.8 Å². The number of hydrogen-bond donors (Lipinski definition) is 0. The molecule has 2 fully saturated rings. The highest BCUT2D eigenvalue weighted by Gasteiger charge is 2.34. The molecule has 2 aliphatic rings. The van der Waals surface area contributed by atoms with Crippen LogP contribution in [-0.4, -0.2) is 6.36 Å². The Morgan fingerprint density at radius 1 is 0.844 bits per heavy atom. The van der Waals surface area contributed by atoms with Crippen LogP contribution in [0.3, 0.4) is 0 Å². The van der Waals surface area contributed by atoms with Crippen LogP contribution in [0.4, 0.5) is 17.6 Å². The maximum Gasteiger partial charge on any atom is 0.573 e. The highest BCUT2D eigenvalue weighted by molar-refractivity contribution is 6.31. The summed E-state index contributed by atoms with van der Waals surface area (Å²) in [6.07, 6.45) is 12.7. The highest BCUT2D eigenvalue weighted by Crippen LogP contribution is 2.43. The summed E-state index contributed by atoms with van der Waals surface area (Å²) in [7, 11) is 0. The summed E-state index contributed by atoms with van der Waals surface area (Å²) >= 11 is 6.09. The predicted molar refractivity (Wildman–Crippen MR) is 122 cm³/mol. The fourth-order valence-corrected chi connectivity index (χ4v) is 6.10. The van der Waals surface area contributed by atoms with E-state index >= 15 is 0 Å². The summed E-state index contributed by atoms with van der Waals surface area (Å²) in [4.78, 5) is 0. The van der Waals surface area contributed by atoms with Crippen LogP contribution in [0.1, 0.15) is 108 Å². The number of alkyl halides is 3. The second-order valence-electron chi connectivity index (χ2n) is 10.0. The summed E-state index contributed by atoms with van der Waals surface area (Å²) in [6.45, 7) is 2.26. The average Bonchev–Trinajstić information content (AvgIpc) is 2.76. The quantitative estimate of drug-likeness (QED) is 0.254. The summed E-state index contributed by atoms with van der Waals surface area (Å²) in [5.41, 5.74) is 0.610. The number of benzene rings is 1. The Kier molecular flexibility index (Phi) is 9.57. The van der Waals surface area contributed by atoms with E-state index in [1.165, 1.54) is 70.3 Å². The molecule has 2 saturated carbocycles. The van der Waals surface area contributed by atoms with Gasteiger partial charge in [-0.25, -0.2) is 4.39 Å². The molecule has 6 heteroatoms. The van der Waals surface area contributed by atoms with Crippen LogP contribution in [0.25, 0.3) is 0 Å². The zero-order valence-electron chi connectivity index (χ0n) is 19.2. The van der Waals surface area contributed by atoms with Crippen molar-refractivity contribution >= 4 is 11.6 Å². The van der Waals surface area contributed by atoms with Gasteiger partial charge in [-0.15, -0.1) is 13.2 Å². The smallest absolute Gasteiger partial charge is 0.403 e. The van der Waals surface area contributed by atoms with E-state index in [4.69, 9.17) is 11.6 Å². The van der Waals surface area contributed by atoms with Crippen LogP contribution in [0.15, 0.2) is 12.1 Å². The van der Waals surface area contributed by atoms with Gasteiger partial charge in [-0.05, 0) is 61.0 Å². The normalized spacial score (nSPS) is 26.8. The van der Waals surface area contributed by atoms with Gasteiger partial charge in [0.1, 0.15) is 0 Å². The molecule has 2 aliphatic carbocycles. The van der Waals surface area contributed by atoms with E-state index in [1.807, 2.05) is 0 Å². The zero-order chi connectivity index (χ0) is 23.1. The van der Waals surface area contributed by atoms with Crippen molar-refractivity contribution in [3.05, 3.63) is 28.5 Å². The van der Waals surface area contributed by atoms with Gasteiger partial charge in [-0.1, -0.05) is 88.8 Å². The number of rotatable bonds is 9. The molecule has 0 aromatic heterocycles. The zero-order valence-corrected chi connectivity index (χ0v) is 19.9. The molecule has 1 aromatic carbocycles. The molecule has 0 N–H and O–H groups in total. The molecule has 0 radical (unpaired) electrons. The lowest BCUT2D eigenvalue weighted by Crippen LogP contribution is -2.19. The Morgan fingerprint density at radius 3 is 1.91 bits per heavy atom. The van der Waals surface area contributed by atoms with Crippen molar-refractivity contribution in [2.75, 3.05) is 0 Å². The largest absolute Gasteiger partial charge is 0.573 e. The van der Waals surface area contributed by atoms with Crippen molar-refractivity contribution < 1.29 is 22.3 Å². The molecule has 0 heterocycles. The number of ether oxygens (including phenoxy) is 1. The second-order valence-corrected chi connectivity index (χ2v) is 10.4. The van der Waals surface area contributed by atoms with Crippen LogP contribution in [0.2, 0.25) is 5.02 Å². The topological polar surface area (TPSA) is 9.23 Å². The van der Waals surface area contributed by atoms with Gasteiger partial charge < -0.3 is 4.74 Å². The maximum absolute atomic E-state index is 14.3. The summed E-state index contributed by atoms with van der Waals surface area (Å²) < 4.78 is 55.3. The Balaban J connectivity index is 1.41. The number of hydrogen-bond acceptors (Lipinski definition) is 1. The van der Waals surface area contributed by atoms with Gasteiger partial charge in [0, 0.05) is 0 Å². The molecule has 0 aliphatic heterocycles. The Morgan fingerprint density at radius 2 is 1.38 bits per heavy atom. The third kappa shape index (κ3) is 7.53. The van der Waals surface area contributed by atoms with E-state index in [0.717, 1.165) is 43.6 Å². The van der Waals surface area contributed by atoms with Gasteiger partial charge in [0.2, 0.25) is 0 Å².